The van der Waals surface area contributed by atoms with Crippen molar-refractivity contribution in [3.8, 4) is 0 Å². The number of alkyl halides is 1. The molecule has 1 unspecified atom stereocenters. The number of halogens is 1. The van der Waals surface area contributed by atoms with Gasteiger partial charge in [-0.25, -0.2) is 0 Å². The average molecular weight is 310 g/mol. The van der Waals surface area contributed by atoms with Crippen molar-refractivity contribution in [1.82, 2.24) is 9.97 Å². The summed E-state index contributed by atoms with van der Waals surface area (Å²) in [6.07, 6.45) is 5.62. The normalized spacial score (nSPS) is 12.4. The van der Waals surface area contributed by atoms with Crippen molar-refractivity contribution in [1.29, 1.82) is 0 Å². The van der Waals surface area contributed by atoms with Crippen LogP contribution < -0.4 is 0 Å². The highest BCUT2D eigenvalue weighted by Gasteiger charge is 2.09. The van der Waals surface area contributed by atoms with E-state index in [2.05, 4.69) is 44.7 Å². The largest absolute Gasteiger partial charge is 0.264 e. The second kappa shape index (κ2) is 4.70. The standard InChI is InChI=1S/C12H11IN2/c1-9-4-5-11(8-15-9)12(13)10-3-2-6-14-7-10/h2-8,12H,1H3. The Labute approximate surface area is 103 Å². The van der Waals surface area contributed by atoms with Crippen LogP contribution in [0.4, 0.5) is 0 Å². The maximum absolute atomic E-state index is 4.30. The number of pyridine rings is 2. The third-order valence-electron chi connectivity index (χ3n) is 2.20. The van der Waals surface area contributed by atoms with Crippen molar-refractivity contribution in [3.63, 3.8) is 0 Å². The summed E-state index contributed by atoms with van der Waals surface area (Å²) >= 11 is 2.40. The van der Waals surface area contributed by atoms with E-state index in [-0.39, 0.29) is 0 Å². The molecule has 2 nitrogen and oxygen atoms in total. The quantitative estimate of drug-likeness (QED) is 0.628. The zero-order chi connectivity index (χ0) is 10.7. The zero-order valence-corrected chi connectivity index (χ0v) is 10.5. The molecule has 0 saturated heterocycles. The lowest BCUT2D eigenvalue weighted by Crippen LogP contribution is -1.94. The first kappa shape index (κ1) is 10.5. The van der Waals surface area contributed by atoms with E-state index in [9.17, 15) is 0 Å². The molecular weight excluding hydrogens is 299 g/mol. The molecule has 2 aromatic rings. The molecule has 15 heavy (non-hydrogen) atoms. The van der Waals surface area contributed by atoms with Crippen molar-refractivity contribution < 1.29 is 0 Å². The first-order valence-corrected chi connectivity index (χ1v) is 5.98. The highest BCUT2D eigenvalue weighted by Crippen LogP contribution is 2.29. The van der Waals surface area contributed by atoms with Gasteiger partial charge < -0.3 is 0 Å². The van der Waals surface area contributed by atoms with E-state index < -0.39 is 0 Å². The Morgan fingerprint density at radius 2 is 1.93 bits per heavy atom. The molecule has 0 fully saturated rings. The van der Waals surface area contributed by atoms with Crippen molar-refractivity contribution in [2.45, 2.75) is 10.8 Å². The van der Waals surface area contributed by atoms with Gasteiger partial charge in [0, 0.05) is 24.3 Å². The monoisotopic (exact) mass is 310 g/mol. The van der Waals surface area contributed by atoms with Crippen LogP contribution in [0, 0.1) is 6.92 Å². The molecule has 0 aromatic carbocycles. The van der Waals surface area contributed by atoms with Gasteiger partial charge in [-0.2, -0.15) is 0 Å². The van der Waals surface area contributed by atoms with Crippen LogP contribution >= 0.6 is 22.6 Å². The molecule has 0 aliphatic carbocycles. The van der Waals surface area contributed by atoms with Crippen molar-refractivity contribution in [2.24, 2.45) is 0 Å². The second-order valence-electron chi connectivity index (χ2n) is 3.38. The molecule has 2 rings (SSSR count). The van der Waals surface area contributed by atoms with Gasteiger partial charge in [-0.05, 0) is 30.2 Å². The van der Waals surface area contributed by atoms with Crippen LogP contribution in [0.3, 0.4) is 0 Å². The Balaban J connectivity index is 2.29. The van der Waals surface area contributed by atoms with E-state index in [0.29, 0.717) is 3.92 Å². The van der Waals surface area contributed by atoms with Crippen LogP contribution in [0.2, 0.25) is 0 Å². The van der Waals surface area contributed by atoms with Gasteiger partial charge in [0.05, 0.1) is 3.92 Å². The molecule has 2 heterocycles. The Bertz CT molecular complexity index is 425. The molecular formula is C12H11IN2. The topological polar surface area (TPSA) is 25.8 Å². The van der Waals surface area contributed by atoms with Crippen molar-refractivity contribution >= 4 is 22.6 Å². The Kier molecular flexibility index (Phi) is 3.30. The third-order valence-corrected chi connectivity index (χ3v) is 3.64. The lowest BCUT2D eigenvalue weighted by molar-refractivity contribution is 1.10. The molecule has 0 amide bonds. The molecule has 0 N–H and O–H groups in total. The fraction of sp³-hybridized carbons (Fsp3) is 0.167. The summed E-state index contributed by atoms with van der Waals surface area (Å²) in [6.45, 7) is 2.00. The van der Waals surface area contributed by atoms with Crippen LogP contribution in [-0.2, 0) is 0 Å². The number of rotatable bonds is 2. The summed E-state index contributed by atoms with van der Waals surface area (Å²) in [6, 6.07) is 8.20. The molecule has 2 aromatic heterocycles. The lowest BCUT2D eigenvalue weighted by atomic mass is 10.1. The Hall–Kier alpha value is -0.970. The van der Waals surface area contributed by atoms with Gasteiger partial charge in [0.2, 0.25) is 0 Å². The smallest absolute Gasteiger partial charge is 0.0638 e. The molecule has 76 valence electrons. The first-order valence-electron chi connectivity index (χ1n) is 4.74. The van der Waals surface area contributed by atoms with Crippen LogP contribution in [0.1, 0.15) is 20.7 Å². The van der Waals surface area contributed by atoms with Crippen LogP contribution in [0.5, 0.6) is 0 Å². The molecule has 0 radical (unpaired) electrons. The molecule has 0 spiro atoms. The number of hydrogen-bond acceptors (Lipinski definition) is 2. The summed E-state index contributed by atoms with van der Waals surface area (Å²) in [7, 11) is 0. The Morgan fingerprint density at radius 3 is 2.53 bits per heavy atom. The molecule has 0 saturated carbocycles. The van der Waals surface area contributed by atoms with Gasteiger partial charge in [0.1, 0.15) is 0 Å². The third kappa shape index (κ3) is 2.53. The van der Waals surface area contributed by atoms with Gasteiger partial charge in [-0.3, -0.25) is 9.97 Å². The van der Waals surface area contributed by atoms with Gasteiger partial charge >= 0.3 is 0 Å². The number of nitrogens with zero attached hydrogens (tertiary/aromatic N) is 2. The van der Waals surface area contributed by atoms with Gasteiger partial charge in [0.25, 0.3) is 0 Å². The summed E-state index contributed by atoms with van der Waals surface area (Å²) in [5.41, 5.74) is 3.48. The fourth-order valence-electron chi connectivity index (χ4n) is 1.35. The highest BCUT2D eigenvalue weighted by atomic mass is 127. The SMILES string of the molecule is Cc1ccc(C(I)c2cccnc2)cn1. The predicted molar refractivity (Wildman–Crippen MR) is 69.1 cm³/mol. The average Bonchev–Trinajstić information content (AvgIpc) is 2.30. The minimum absolute atomic E-state index is 0.324. The fourth-order valence-corrected chi connectivity index (χ4v) is 2.08. The van der Waals surface area contributed by atoms with E-state index >= 15 is 0 Å². The van der Waals surface area contributed by atoms with Gasteiger partial charge in [-0.15, -0.1) is 0 Å². The second-order valence-corrected chi connectivity index (χ2v) is 4.63. The van der Waals surface area contributed by atoms with Crippen LogP contribution in [0.15, 0.2) is 42.9 Å². The number of hydrogen-bond donors (Lipinski definition) is 0. The molecule has 1 atom stereocenters. The molecule has 0 aliphatic heterocycles. The summed E-state index contributed by atoms with van der Waals surface area (Å²) in [5, 5.41) is 0. The minimum Gasteiger partial charge on any atom is -0.264 e. The van der Waals surface area contributed by atoms with E-state index in [4.69, 9.17) is 0 Å². The molecule has 3 heteroatoms. The predicted octanol–water partition coefficient (Wildman–Crippen LogP) is 3.31. The van der Waals surface area contributed by atoms with E-state index in [1.165, 1.54) is 11.1 Å². The molecule has 0 aliphatic rings. The van der Waals surface area contributed by atoms with Crippen molar-refractivity contribution in [2.75, 3.05) is 0 Å². The molecule has 0 bridgehead atoms. The summed E-state index contributed by atoms with van der Waals surface area (Å²) < 4.78 is 0.324. The number of aryl methyl sites for hydroxylation is 1. The zero-order valence-electron chi connectivity index (χ0n) is 8.39. The Morgan fingerprint density at radius 1 is 1.13 bits per heavy atom. The minimum atomic E-state index is 0.324. The van der Waals surface area contributed by atoms with Gasteiger partial charge in [0.15, 0.2) is 0 Å². The van der Waals surface area contributed by atoms with Gasteiger partial charge in [-0.1, -0.05) is 34.7 Å². The summed E-state index contributed by atoms with van der Waals surface area (Å²) in [5.74, 6) is 0. The van der Waals surface area contributed by atoms with Crippen LogP contribution in [-0.4, -0.2) is 9.97 Å². The van der Waals surface area contributed by atoms with Crippen LogP contribution in [0.25, 0.3) is 0 Å². The summed E-state index contributed by atoms with van der Waals surface area (Å²) in [4.78, 5) is 8.42. The van der Waals surface area contributed by atoms with E-state index in [1.807, 2.05) is 31.5 Å². The first-order chi connectivity index (χ1) is 7.27. The highest BCUT2D eigenvalue weighted by molar-refractivity contribution is 14.1. The number of aromatic nitrogens is 2. The van der Waals surface area contributed by atoms with Crippen molar-refractivity contribution in [3.05, 3.63) is 59.7 Å². The lowest BCUT2D eigenvalue weighted by Gasteiger charge is -2.09. The maximum Gasteiger partial charge on any atom is 0.0638 e. The van der Waals surface area contributed by atoms with E-state index in [1.54, 1.807) is 6.20 Å². The maximum atomic E-state index is 4.30. The van der Waals surface area contributed by atoms with E-state index in [0.717, 1.165) is 5.69 Å².